The van der Waals surface area contributed by atoms with Crippen LogP contribution in [-0.2, 0) is 0 Å². The number of hydrogen-bond acceptors (Lipinski definition) is 4. The van der Waals surface area contributed by atoms with Crippen LogP contribution in [0.2, 0.25) is 0 Å². The van der Waals surface area contributed by atoms with Gasteiger partial charge in [-0.2, -0.15) is 0 Å². The first-order valence-electron chi connectivity index (χ1n) is 6.15. The lowest BCUT2D eigenvalue weighted by Gasteiger charge is -2.20. The average molecular weight is 286 g/mol. The van der Waals surface area contributed by atoms with Gasteiger partial charge < -0.3 is 14.7 Å². The normalized spacial score (nSPS) is 10.0. The zero-order chi connectivity index (χ0) is 15.4. The van der Waals surface area contributed by atoms with Gasteiger partial charge in [0.2, 0.25) is 0 Å². The highest BCUT2D eigenvalue weighted by atomic mass is 16.5. The molecule has 6 nitrogen and oxygen atoms in total. The van der Waals surface area contributed by atoms with Crippen LogP contribution in [0.5, 0.6) is 5.75 Å². The second-order valence-electron chi connectivity index (χ2n) is 4.24. The van der Waals surface area contributed by atoms with Gasteiger partial charge in [-0.3, -0.25) is 9.78 Å². The molecule has 0 aliphatic heterocycles. The molecule has 0 fully saturated rings. The molecule has 1 amide bonds. The van der Waals surface area contributed by atoms with Gasteiger partial charge in [0.05, 0.1) is 18.4 Å². The summed E-state index contributed by atoms with van der Waals surface area (Å²) in [5.74, 6) is -1.20. The third kappa shape index (κ3) is 2.84. The summed E-state index contributed by atoms with van der Waals surface area (Å²) < 4.78 is 5.20. The molecule has 0 unspecified atom stereocenters. The number of ether oxygens (including phenoxy) is 1. The molecule has 1 heterocycles. The number of aromatic nitrogens is 1. The standard InChI is InChI=1S/C15H14N2O4/c1-17(11-7-3-4-8-12(11)21-2)14(18)13-10(15(19)20)6-5-9-16-13/h3-9H,1-2H3,(H,19,20). The Kier molecular flexibility index (Phi) is 4.18. The highest BCUT2D eigenvalue weighted by Gasteiger charge is 2.23. The van der Waals surface area contributed by atoms with E-state index in [1.54, 1.807) is 31.3 Å². The number of carbonyl (C=O) groups is 2. The highest BCUT2D eigenvalue weighted by Crippen LogP contribution is 2.27. The quantitative estimate of drug-likeness (QED) is 0.930. The molecule has 0 aliphatic rings. The molecule has 0 saturated carbocycles. The maximum absolute atomic E-state index is 12.5. The van der Waals surface area contributed by atoms with Crippen LogP contribution >= 0.6 is 0 Å². The lowest BCUT2D eigenvalue weighted by molar-refractivity contribution is 0.0691. The third-order valence-electron chi connectivity index (χ3n) is 2.99. The first-order chi connectivity index (χ1) is 10.1. The minimum atomic E-state index is -1.19. The Bertz CT molecular complexity index is 685. The third-order valence-corrected chi connectivity index (χ3v) is 2.99. The number of methoxy groups -OCH3 is 1. The molecular formula is C15H14N2O4. The number of amides is 1. The predicted molar refractivity (Wildman–Crippen MR) is 76.9 cm³/mol. The summed E-state index contributed by atoms with van der Waals surface area (Å²) in [6.07, 6.45) is 1.38. The Morgan fingerprint density at radius 1 is 1.19 bits per heavy atom. The van der Waals surface area contributed by atoms with Crippen molar-refractivity contribution in [3.63, 3.8) is 0 Å². The van der Waals surface area contributed by atoms with E-state index < -0.39 is 11.9 Å². The predicted octanol–water partition coefficient (Wildman–Crippen LogP) is 2.06. The van der Waals surface area contributed by atoms with E-state index in [4.69, 9.17) is 9.84 Å². The van der Waals surface area contributed by atoms with Crippen LogP contribution in [-0.4, -0.2) is 36.1 Å². The molecule has 1 aromatic heterocycles. The number of nitrogens with zero attached hydrogens (tertiary/aromatic N) is 2. The fraction of sp³-hybridized carbons (Fsp3) is 0.133. The summed E-state index contributed by atoms with van der Waals surface area (Å²) in [5.41, 5.74) is 0.287. The Hall–Kier alpha value is -2.89. The van der Waals surface area contributed by atoms with E-state index in [9.17, 15) is 9.59 Å². The van der Waals surface area contributed by atoms with Crippen molar-refractivity contribution < 1.29 is 19.4 Å². The number of anilines is 1. The average Bonchev–Trinajstić information content (AvgIpc) is 2.53. The van der Waals surface area contributed by atoms with Crippen molar-refractivity contribution in [1.29, 1.82) is 0 Å². The molecule has 6 heteroatoms. The van der Waals surface area contributed by atoms with Crippen LogP contribution < -0.4 is 9.64 Å². The topological polar surface area (TPSA) is 79.7 Å². The SMILES string of the molecule is COc1ccccc1N(C)C(=O)c1ncccc1C(=O)O. The molecule has 0 bridgehead atoms. The van der Waals surface area contributed by atoms with Gasteiger partial charge in [-0.05, 0) is 24.3 Å². The molecule has 108 valence electrons. The number of hydrogen-bond donors (Lipinski definition) is 1. The van der Waals surface area contributed by atoms with Crippen LogP contribution in [0, 0.1) is 0 Å². The molecule has 1 N–H and O–H groups in total. The van der Waals surface area contributed by atoms with Crippen molar-refractivity contribution >= 4 is 17.6 Å². The van der Waals surface area contributed by atoms with E-state index in [1.807, 2.05) is 0 Å². The Morgan fingerprint density at radius 2 is 1.90 bits per heavy atom. The van der Waals surface area contributed by atoms with Gasteiger partial charge >= 0.3 is 5.97 Å². The zero-order valence-electron chi connectivity index (χ0n) is 11.6. The summed E-state index contributed by atoms with van der Waals surface area (Å²) in [5, 5.41) is 9.13. The number of para-hydroxylation sites is 2. The van der Waals surface area contributed by atoms with Gasteiger partial charge in [0, 0.05) is 13.2 Å². The van der Waals surface area contributed by atoms with Crippen molar-refractivity contribution in [3.8, 4) is 5.75 Å². The maximum Gasteiger partial charge on any atom is 0.338 e. The second kappa shape index (κ2) is 6.04. The van der Waals surface area contributed by atoms with Crippen LogP contribution in [0.4, 0.5) is 5.69 Å². The van der Waals surface area contributed by atoms with Crippen molar-refractivity contribution in [3.05, 3.63) is 53.9 Å². The number of pyridine rings is 1. The number of benzene rings is 1. The first kappa shape index (κ1) is 14.5. The van der Waals surface area contributed by atoms with Crippen molar-refractivity contribution in [2.45, 2.75) is 0 Å². The summed E-state index contributed by atoms with van der Waals surface area (Å²) >= 11 is 0. The van der Waals surface area contributed by atoms with Gasteiger partial charge in [0.15, 0.2) is 0 Å². The molecule has 0 saturated heterocycles. The van der Waals surface area contributed by atoms with E-state index in [0.29, 0.717) is 11.4 Å². The summed E-state index contributed by atoms with van der Waals surface area (Å²) in [6, 6.07) is 9.79. The molecular weight excluding hydrogens is 272 g/mol. The van der Waals surface area contributed by atoms with E-state index in [-0.39, 0.29) is 11.3 Å². The minimum absolute atomic E-state index is 0.113. The van der Waals surface area contributed by atoms with Crippen molar-refractivity contribution in [2.75, 3.05) is 19.1 Å². The molecule has 0 radical (unpaired) electrons. The monoisotopic (exact) mass is 286 g/mol. The van der Waals surface area contributed by atoms with Crippen molar-refractivity contribution in [2.24, 2.45) is 0 Å². The van der Waals surface area contributed by atoms with Crippen LogP contribution in [0.25, 0.3) is 0 Å². The van der Waals surface area contributed by atoms with Crippen LogP contribution in [0.1, 0.15) is 20.8 Å². The fourth-order valence-corrected chi connectivity index (χ4v) is 1.92. The van der Waals surface area contributed by atoms with Gasteiger partial charge in [0.1, 0.15) is 11.4 Å². The molecule has 0 atom stereocenters. The number of rotatable bonds is 4. The van der Waals surface area contributed by atoms with Crippen LogP contribution in [0.3, 0.4) is 0 Å². The number of carbonyl (C=O) groups excluding carboxylic acids is 1. The van der Waals surface area contributed by atoms with Crippen molar-refractivity contribution in [1.82, 2.24) is 4.98 Å². The van der Waals surface area contributed by atoms with Gasteiger partial charge in [-0.1, -0.05) is 12.1 Å². The summed E-state index contributed by atoms with van der Waals surface area (Å²) in [7, 11) is 3.04. The van der Waals surface area contributed by atoms with E-state index >= 15 is 0 Å². The molecule has 2 rings (SSSR count). The maximum atomic E-state index is 12.5. The second-order valence-corrected chi connectivity index (χ2v) is 4.24. The molecule has 2 aromatic rings. The summed E-state index contributed by atoms with van der Waals surface area (Å²) in [6.45, 7) is 0. The zero-order valence-corrected chi connectivity index (χ0v) is 11.6. The lowest BCUT2D eigenvalue weighted by Crippen LogP contribution is -2.29. The van der Waals surface area contributed by atoms with Gasteiger partial charge in [-0.25, -0.2) is 4.79 Å². The van der Waals surface area contributed by atoms with Crippen LogP contribution in [0.15, 0.2) is 42.6 Å². The fourth-order valence-electron chi connectivity index (χ4n) is 1.92. The van der Waals surface area contributed by atoms with E-state index in [1.165, 1.54) is 30.3 Å². The molecule has 0 spiro atoms. The Labute approximate surface area is 121 Å². The first-order valence-corrected chi connectivity index (χ1v) is 6.15. The smallest absolute Gasteiger partial charge is 0.338 e. The largest absolute Gasteiger partial charge is 0.495 e. The molecule has 0 aliphatic carbocycles. The molecule has 21 heavy (non-hydrogen) atoms. The summed E-state index contributed by atoms with van der Waals surface area (Å²) in [4.78, 5) is 28.9. The van der Waals surface area contributed by atoms with E-state index in [0.717, 1.165) is 0 Å². The van der Waals surface area contributed by atoms with E-state index in [2.05, 4.69) is 4.98 Å². The Balaban J connectivity index is 2.43. The highest BCUT2D eigenvalue weighted by molar-refractivity contribution is 6.10. The molecule has 1 aromatic carbocycles. The Morgan fingerprint density at radius 3 is 2.57 bits per heavy atom. The lowest BCUT2D eigenvalue weighted by atomic mass is 10.1. The van der Waals surface area contributed by atoms with Gasteiger partial charge in [-0.15, -0.1) is 0 Å². The van der Waals surface area contributed by atoms with Gasteiger partial charge in [0.25, 0.3) is 5.91 Å². The minimum Gasteiger partial charge on any atom is -0.495 e. The number of aromatic carboxylic acids is 1. The number of carboxylic acids is 1. The number of carboxylic acid groups (broad SMARTS) is 1.